The summed E-state index contributed by atoms with van der Waals surface area (Å²) in [4.78, 5) is 0. The van der Waals surface area contributed by atoms with E-state index in [1.165, 1.54) is 0 Å². The summed E-state index contributed by atoms with van der Waals surface area (Å²) in [6.07, 6.45) is 0. The minimum absolute atomic E-state index is 0.808. The van der Waals surface area contributed by atoms with Crippen LogP contribution in [-0.2, 0) is 0 Å². The van der Waals surface area contributed by atoms with Crippen molar-refractivity contribution in [2.24, 2.45) is 10.2 Å². The Hall–Kier alpha value is -3.20. The molecule has 0 spiro atoms. The second kappa shape index (κ2) is 8.06. The van der Waals surface area contributed by atoms with Crippen LogP contribution in [0.25, 0.3) is 0 Å². The van der Waals surface area contributed by atoms with E-state index in [4.69, 9.17) is 4.74 Å². The van der Waals surface area contributed by atoms with Crippen molar-refractivity contribution < 1.29 is 4.74 Å². The first kappa shape index (κ1) is 16.7. The topological polar surface area (TPSA) is 34.0 Å². The maximum atomic E-state index is 5.28. The van der Waals surface area contributed by atoms with Gasteiger partial charge in [-0.15, -0.1) is 5.10 Å². The highest BCUT2D eigenvalue weighted by Crippen LogP contribution is 2.15. The Bertz CT molecular complexity index is 843. The molecule has 3 nitrogen and oxygen atoms in total. The van der Waals surface area contributed by atoms with Crippen molar-refractivity contribution in [2.45, 2.75) is 6.92 Å². The monoisotopic (exact) mass is 328 g/mol. The molecule has 0 aromatic heterocycles. The average Bonchev–Trinajstić information content (AvgIpc) is 2.69. The van der Waals surface area contributed by atoms with E-state index in [1.54, 1.807) is 7.11 Å². The lowest BCUT2D eigenvalue weighted by atomic mass is 10.0. The molecule has 0 atom stereocenters. The SMILES string of the molecule is COc1cccc(C(C)=NN=C(c2ccccc2)c2ccccc2)c1. The van der Waals surface area contributed by atoms with E-state index >= 15 is 0 Å². The van der Waals surface area contributed by atoms with Crippen molar-refractivity contribution in [2.75, 3.05) is 7.11 Å². The van der Waals surface area contributed by atoms with Crippen LogP contribution in [0.5, 0.6) is 5.75 Å². The van der Waals surface area contributed by atoms with Crippen molar-refractivity contribution in [3.8, 4) is 5.75 Å². The van der Waals surface area contributed by atoms with Crippen LogP contribution in [0.3, 0.4) is 0 Å². The van der Waals surface area contributed by atoms with Crippen molar-refractivity contribution in [3.05, 3.63) is 102 Å². The Labute approximate surface area is 148 Å². The molecule has 0 aliphatic rings. The number of ether oxygens (including phenoxy) is 1. The van der Waals surface area contributed by atoms with Crippen molar-refractivity contribution in [1.29, 1.82) is 0 Å². The summed E-state index contributed by atoms with van der Waals surface area (Å²) in [6.45, 7) is 1.95. The third-order valence-electron chi connectivity index (χ3n) is 3.88. The molecule has 0 heterocycles. The summed E-state index contributed by atoms with van der Waals surface area (Å²) in [5.74, 6) is 0.808. The highest BCUT2D eigenvalue weighted by Gasteiger charge is 2.06. The molecule has 0 bridgehead atoms. The van der Waals surface area contributed by atoms with Gasteiger partial charge in [0.25, 0.3) is 0 Å². The summed E-state index contributed by atoms with van der Waals surface area (Å²) in [7, 11) is 1.66. The van der Waals surface area contributed by atoms with Crippen LogP contribution in [0.4, 0.5) is 0 Å². The Morgan fingerprint density at radius 3 is 1.80 bits per heavy atom. The van der Waals surface area contributed by atoms with Gasteiger partial charge in [-0.3, -0.25) is 0 Å². The molecule has 3 aromatic rings. The van der Waals surface area contributed by atoms with Gasteiger partial charge in [0.15, 0.2) is 0 Å². The van der Waals surface area contributed by atoms with E-state index in [9.17, 15) is 0 Å². The zero-order chi connectivity index (χ0) is 17.5. The predicted molar refractivity (Wildman–Crippen MR) is 104 cm³/mol. The van der Waals surface area contributed by atoms with Gasteiger partial charge in [-0.05, 0) is 19.1 Å². The summed E-state index contributed by atoms with van der Waals surface area (Å²) in [5, 5.41) is 9.03. The van der Waals surface area contributed by atoms with Crippen LogP contribution in [0.1, 0.15) is 23.6 Å². The molecular weight excluding hydrogens is 308 g/mol. The highest BCUT2D eigenvalue weighted by molar-refractivity contribution is 6.13. The lowest BCUT2D eigenvalue weighted by molar-refractivity contribution is 0.414. The van der Waals surface area contributed by atoms with E-state index in [-0.39, 0.29) is 0 Å². The Balaban J connectivity index is 2.01. The Morgan fingerprint density at radius 2 is 1.24 bits per heavy atom. The van der Waals surface area contributed by atoms with E-state index < -0.39 is 0 Å². The van der Waals surface area contributed by atoms with Gasteiger partial charge < -0.3 is 4.74 Å². The largest absolute Gasteiger partial charge is 0.497 e. The molecular formula is C22H20N2O. The maximum Gasteiger partial charge on any atom is 0.119 e. The number of rotatable bonds is 5. The number of nitrogens with zero attached hydrogens (tertiary/aromatic N) is 2. The molecule has 0 amide bonds. The van der Waals surface area contributed by atoms with Crippen LogP contribution >= 0.6 is 0 Å². The first-order valence-electron chi connectivity index (χ1n) is 8.15. The first-order chi connectivity index (χ1) is 12.3. The van der Waals surface area contributed by atoms with Gasteiger partial charge in [0.2, 0.25) is 0 Å². The minimum Gasteiger partial charge on any atom is -0.497 e. The van der Waals surface area contributed by atoms with E-state index in [2.05, 4.69) is 10.2 Å². The maximum absolute atomic E-state index is 5.28. The van der Waals surface area contributed by atoms with Crippen LogP contribution in [0, 0.1) is 0 Å². The molecule has 0 radical (unpaired) electrons. The summed E-state index contributed by atoms with van der Waals surface area (Å²) in [6, 6.07) is 28.0. The van der Waals surface area contributed by atoms with Gasteiger partial charge in [-0.25, -0.2) is 0 Å². The molecule has 0 N–H and O–H groups in total. The summed E-state index contributed by atoms with van der Waals surface area (Å²) < 4.78 is 5.28. The minimum atomic E-state index is 0.808. The van der Waals surface area contributed by atoms with Crippen LogP contribution in [0.2, 0.25) is 0 Å². The molecule has 0 unspecified atom stereocenters. The molecule has 3 aromatic carbocycles. The Kier molecular flexibility index (Phi) is 5.37. The van der Waals surface area contributed by atoms with Gasteiger partial charge in [-0.1, -0.05) is 72.8 Å². The van der Waals surface area contributed by atoms with Gasteiger partial charge in [-0.2, -0.15) is 5.10 Å². The van der Waals surface area contributed by atoms with Gasteiger partial charge in [0.05, 0.1) is 12.8 Å². The smallest absolute Gasteiger partial charge is 0.119 e. The van der Waals surface area contributed by atoms with E-state index in [1.807, 2.05) is 91.9 Å². The molecule has 0 saturated heterocycles. The molecule has 3 rings (SSSR count). The molecule has 0 saturated carbocycles. The zero-order valence-electron chi connectivity index (χ0n) is 14.4. The van der Waals surface area contributed by atoms with Gasteiger partial charge in [0.1, 0.15) is 11.5 Å². The number of hydrogen-bond donors (Lipinski definition) is 0. The van der Waals surface area contributed by atoms with Crippen molar-refractivity contribution in [3.63, 3.8) is 0 Å². The number of hydrogen-bond acceptors (Lipinski definition) is 3. The molecule has 25 heavy (non-hydrogen) atoms. The highest BCUT2D eigenvalue weighted by atomic mass is 16.5. The third kappa shape index (κ3) is 4.21. The fraction of sp³-hybridized carbons (Fsp3) is 0.0909. The van der Waals surface area contributed by atoms with Gasteiger partial charge in [0, 0.05) is 16.7 Å². The first-order valence-corrected chi connectivity index (χ1v) is 8.15. The standard InChI is InChI=1S/C22H20N2O/c1-17(20-14-9-15-21(16-20)25-2)23-24-22(18-10-5-3-6-11-18)19-12-7-4-8-13-19/h3-16H,1-2H3. The van der Waals surface area contributed by atoms with E-state index in [0.717, 1.165) is 33.9 Å². The lowest BCUT2D eigenvalue weighted by Gasteiger charge is -2.06. The van der Waals surface area contributed by atoms with Gasteiger partial charge >= 0.3 is 0 Å². The fourth-order valence-corrected chi connectivity index (χ4v) is 2.51. The quantitative estimate of drug-likeness (QED) is 0.481. The molecule has 0 fully saturated rings. The number of methoxy groups -OCH3 is 1. The zero-order valence-corrected chi connectivity index (χ0v) is 14.4. The number of benzene rings is 3. The van der Waals surface area contributed by atoms with Crippen LogP contribution in [-0.4, -0.2) is 18.5 Å². The third-order valence-corrected chi connectivity index (χ3v) is 3.88. The second-order valence-electron chi connectivity index (χ2n) is 5.60. The molecule has 3 heteroatoms. The molecule has 0 aliphatic heterocycles. The summed E-state index contributed by atoms with van der Waals surface area (Å²) in [5.41, 5.74) is 4.75. The summed E-state index contributed by atoms with van der Waals surface area (Å²) >= 11 is 0. The van der Waals surface area contributed by atoms with E-state index in [0.29, 0.717) is 0 Å². The van der Waals surface area contributed by atoms with Crippen molar-refractivity contribution in [1.82, 2.24) is 0 Å². The Morgan fingerprint density at radius 1 is 0.680 bits per heavy atom. The van der Waals surface area contributed by atoms with Crippen LogP contribution < -0.4 is 4.74 Å². The predicted octanol–water partition coefficient (Wildman–Crippen LogP) is 4.96. The lowest BCUT2D eigenvalue weighted by Crippen LogP contribution is -2.03. The molecule has 0 aliphatic carbocycles. The fourth-order valence-electron chi connectivity index (χ4n) is 2.51. The normalized spacial score (nSPS) is 11.0. The van der Waals surface area contributed by atoms with Crippen molar-refractivity contribution >= 4 is 11.4 Å². The average molecular weight is 328 g/mol. The van der Waals surface area contributed by atoms with Crippen LogP contribution in [0.15, 0.2) is 95.1 Å². The second-order valence-corrected chi connectivity index (χ2v) is 5.60. The molecule has 124 valence electrons.